The lowest BCUT2D eigenvalue weighted by Gasteiger charge is -2.19. The summed E-state index contributed by atoms with van der Waals surface area (Å²) >= 11 is 0. The zero-order chi connectivity index (χ0) is 21.2. The number of hydrogen-bond donors (Lipinski definition) is 0. The summed E-state index contributed by atoms with van der Waals surface area (Å²) in [6.07, 6.45) is 0.357. The zero-order valence-electron chi connectivity index (χ0n) is 17.0. The summed E-state index contributed by atoms with van der Waals surface area (Å²) in [7, 11) is 0. The van der Waals surface area contributed by atoms with Crippen molar-refractivity contribution in [3.63, 3.8) is 0 Å². The molecule has 0 aliphatic carbocycles. The number of rotatable bonds is 5. The van der Waals surface area contributed by atoms with Gasteiger partial charge in [0.05, 0.1) is 17.2 Å². The van der Waals surface area contributed by atoms with Gasteiger partial charge in [0, 0.05) is 5.56 Å². The number of ether oxygens (including phenoxy) is 1. The molecule has 0 saturated carbocycles. The third-order valence-electron chi connectivity index (χ3n) is 4.74. The molecule has 0 unspecified atom stereocenters. The maximum absolute atomic E-state index is 12.6. The number of carbonyl (C=O) groups excluding carboxylic acids is 2. The second-order valence-electron chi connectivity index (χ2n) is 8.02. The minimum Gasteiger partial charge on any atom is -0.453 e. The first-order chi connectivity index (χ1) is 13.7. The number of aromatic nitrogens is 2. The summed E-state index contributed by atoms with van der Waals surface area (Å²) in [6, 6.07) is 14.2. The van der Waals surface area contributed by atoms with E-state index >= 15 is 0 Å². The van der Waals surface area contributed by atoms with Crippen LogP contribution >= 0.6 is 0 Å². The van der Waals surface area contributed by atoms with E-state index in [0.29, 0.717) is 16.5 Å². The van der Waals surface area contributed by atoms with Crippen LogP contribution < -0.4 is 5.56 Å². The van der Waals surface area contributed by atoms with Gasteiger partial charge >= 0.3 is 5.97 Å². The van der Waals surface area contributed by atoms with E-state index in [1.165, 1.54) is 17.8 Å². The SMILES string of the molecule is C[C@@H](OC(=O)Cn1cnc2ccccc2c1=O)C(=O)c1ccc(C(C)(C)C)cc1. The minimum absolute atomic E-state index is 0.0131. The van der Waals surface area contributed by atoms with Gasteiger partial charge in [-0.25, -0.2) is 4.98 Å². The van der Waals surface area contributed by atoms with Gasteiger partial charge in [-0.2, -0.15) is 0 Å². The van der Waals surface area contributed by atoms with Crippen molar-refractivity contribution in [2.45, 2.75) is 45.8 Å². The van der Waals surface area contributed by atoms with Crippen LogP contribution in [0.2, 0.25) is 0 Å². The van der Waals surface area contributed by atoms with Crippen molar-refractivity contribution < 1.29 is 14.3 Å². The number of ketones is 1. The van der Waals surface area contributed by atoms with E-state index in [-0.39, 0.29) is 23.3 Å². The molecule has 1 heterocycles. The van der Waals surface area contributed by atoms with Gasteiger partial charge in [-0.15, -0.1) is 0 Å². The van der Waals surface area contributed by atoms with E-state index in [1.807, 2.05) is 12.1 Å². The van der Waals surface area contributed by atoms with Crippen LogP contribution in [0, 0.1) is 0 Å². The first-order valence-electron chi connectivity index (χ1n) is 9.45. The van der Waals surface area contributed by atoms with Crippen LogP contribution in [0.25, 0.3) is 10.9 Å². The van der Waals surface area contributed by atoms with Gasteiger partial charge in [0.25, 0.3) is 5.56 Å². The number of esters is 1. The number of fused-ring (bicyclic) bond motifs is 1. The molecule has 0 aliphatic rings. The average molecular weight is 392 g/mol. The highest BCUT2D eigenvalue weighted by Crippen LogP contribution is 2.22. The Balaban J connectivity index is 1.68. The van der Waals surface area contributed by atoms with Gasteiger partial charge in [-0.05, 0) is 30.0 Å². The molecule has 0 bridgehead atoms. The highest BCUT2D eigenvalue weighted by atomic mass is 16.5. The third kappa shape index (κ3) is 4.59. The average Bonchev–Trinajstić information content (AvgIpc) is 2.69. The van der Waals surface area contributed by atoms with E-state index in [2.05, 4.69) is 25.8 Å². The monoisotopic (exact) mass is 392 g/mol. The first kappa shape index (κ1) is 20.5. The number of carbonyl (C=O) groups is 2. The molecule has 29 heavy (non-hydrogen) atoms. The lowest BCUT2D eigenvalue weighted by molar-refractivity contribution is -0.147. The zero-order valence-corrected chi connectivity index (χ0v) is 17.0. The van der Waals surface area contributed by atoms with Gasteiger partial charge < -0.3 is 4.74 Å². The molecular weight excluding hydrogens is 368 g/mol. The smallest absolute Gasteiger partial charge is 0.326 e. The highest BCUT2D eigenvalue weighted by Gasteiger charge is 2.21. The van der Waals surface area contributed by atoms with Gasteiger partial charge in [0.15, 0.2) is 6.10 Å². The first-order valence-corrected chi connectivity index (χ1v) is 9.45. The van der Waals surface area contributed by atoms with Gasteiger partial charge in [0.2, 0.25) is 5.78 Å². The van der Waals surface area contributed by atoms with Crippen molar-refractivity contribution in [1.29, 1.82) is 0 Å². The van der Waals surface area contributed by atoms with Crippen LogP contribution in [0.1, 0.15) is 43.6 Å². The van der Waals surface area contributed by atoms with Gasteiger partial charge in [-0.3, -0.25) is 19.0 Å². The molecule has 0 fully saturated rings. The normalized spacial score (nSPS) is 12.6. The Morgan fingerprint density at radius 2 is 1.72 bits per heavy atom. The molecule has 6 nitrogen and oxygen atoms in total. The molecule has 0 spiro atoms. The standard InChI is InChI=1S/C23H24N2O4/c1-15(21(27)16-9-11-17(12-10-16)23(2,3)4)29-20(26)13-25-14-24-19-8-6-5-7-18(19)22(25)28/h5-12,14-15H,13H2,1-4H3/t15-/m1/s1. The van der Waals surface area contributed by atoms with E-state index in [0.717, 1.165) is 5.56 Å². The minimum atomic E-state index is -0.952. The van der Waals surface area contributed by atoms with Gasteiger partial charge in [0.1, 0.15) is 6.54 Å². The fourth-order valence-corrected chi connectivity index (χ4v) is 3.01. The van der Waals surface area contributed by atoms with E-state index < -0.39 is 12.1 Å². The van der Waals surface area contributed by atoms with Crippen LogP contribution in [0.4, 0.5) is 0 Å². The molecule has 0 aliphatic heterocycles. The predicted octanol–water partition coefficient (Wildman–Crippen LogP) is 3.51. The molecule has 0 radical (unpaired) electrons. The predicted molar refractivity (Wildman–Crippen MR) is 111 cm³/mol. The maximum atomic E-state index is 12.6. The second-order valence-corrected chi connectivity index (χ2v) is 8.02. The third-order valence-corrected chi connectivity index (χ3v) is 4.74. The molecule has 2 aromatic carbocycles. The Morgan fingerprint density at radius 3 is 2.38 bits per heavy atom. The maximum Gasteiger partial charge on any atom is 0.326 e. The Labute approximate surface area is 169 Å². The molecule has 150 valence electrons. The number of Topliss-reactive ketones (excluding diaryl/α,β-unsaturated/α-hetero) is 1. The molecule has 6 heteroatoms. The fraction of sp³-hybridized carbons (Fsp3) is 0.304. The molecule has 0 amide bonds. The van der Waals surface area contributed by atoms with Crippen LogP contribution in [-0.2, 0) is 21.5 Å². The molecule has 0 saturated heterocycles. The lowest BCUT2D eigenvalue weighted by atomic mass is 9.86. The van der Waals surface area contributed by atoms with Gasteiger partial charge in [-0.1, -0.05) is 57.2 Å². The number of para-hydroxylation sites is 1. The number of hydrogen-bond acceptors (Lipinski definition) is 5. The molecule has 1 atom stereocenters. The Hall–Kier alpha value is -3.28. The number of benzene rings is 2. The summed E-state index contributed by atoms with van der Waals surface area (Å²) < 4.78 is 6.44. The van der Waals surface area contributed by atoms with Crippen molar-refractivity contribution in [2.24, 2.45) is 0 Å². The molecule has 3 rings (SSSR count). The Kier molecular flexibility index (Phi) is 5.64. The molecular formula is C23H24N2O4. The Bertz CT molecular complexity index is 1110. The summed E-state index contributed by atoms with van der Waals surface area (Å²) in [6.45, 7) is 7.50. The Morgan fingerprint density at radius 1 is 1.07 bits per heavy atom. The van der Waals surface area contributed by atoms with Crippen molar-refractivity contribution in [3.8, 4) is 0 Å². The lowest BCUT2D eigenvalue weighted by Crippen LogP contribution is -2.30. The molecule has 0 N–H and O–H groups in total. The molecule has 3 aromatic rings. The second kappa shape index (κ2) is 7.99. The molecule has 1 aromatic heterocycles. The van der Waals surface area contributed by atoms with Crippen LogP contribution in [0.15, 0.2) is 59.7 Å². The van der Waals surface area contributed by atoms with Crippen LogP contribution in [-0.4, -0.2) is 27.4 Å². The van der Waals surface area contributed by atoms with E-state index in [1.54, 1.807) is 36.4 Å². The fourth-order valence-electron chi connectivity index (χ4n) is 3.01. The van der Waals surface area contributed by atoms with E-state index in [9.17, 15) is 14.4 Å². The van der Waals surface area contributed by atoms with E-state index in [4.69, 9.17) is 4.74 Å². The van der Waals surface area contributed by atoms with Crippen molar-refractivity contribution >= 4 is 22.7 Å². The van der Waals surface area contributed by atoms with Crippen molar-refractivity contribution in [2.75, 3.05) is 0 Å². The largest absolute Gasteiger partial charge is 0.453 e. The summed E-state index contributed by atoms with van der Waals surface area (Å²) in [5.74, 6) is -0.959. The summed E-state index contributed by atoms with van der Waals surface area (Å²) in [5.41, 5.74) is 1.80. The topological polar surface area (TPSA) is 78.3 Å². The quantitative estimate of drug-likeness (QED) is 0.490. The highest BCUT2D eigenvalue weighted by molar-refractivity contribution is 6.00. The summed E-state index contributed by atoms with van der Waals surface area (Å²) in [5, 5.41) is 0.422. The van der Waals surface area contributed by atoms with Crippen LogP contribution in [0.3, 0.4) is 0 Å². The van der Waals surface area contributed by atoms with Crippen LogP contribution in [0.5, 0.6) is 0 Å². The summed E-state index contributed by atoms with van der Waals surface area (Å²) in [4.78, 5) is 41.5. The van der Waals surface area contributed by atoms with Crippen molar-refractivity contribution in [1.82, 2.24) is 9.55 Å². The van der Waals surface area contributed by atoms with Crippen molar-refractivity contribution in [3.05, 3.63) is 76.3 Å². The number of nitrogens with zero attached hydrogens (tertiary/aromatic N) is 2.